The molecule has 5 nitrogen and oxygen atoms in total. The molecule has 0 amide bonds. The fourth-order valence-corrected chi connectivity index (χ4v) is 3.05. The van der Waals surface area contributed by atoms with E-state index >= 15 is 0 Å². The van der Waals surface area contributed by atoms with Crippen LogP contribution in [-0.2, 0) is 6.18 Å². The number of aromatic amines is 1. The first kappa shape index (κ1) is 16.2. The molecule has 0 saturated carbocycles. The van der Waals surface area contributed by atoms with Crippen molar-refractivity contribution < 1.29 is 13.2 Å². The van der Waals surface area contributed by atoms with Crippen LogP contribution in [0.1, 0.15) is 35.4 Å². The average molecular weight is 335 g/mol. The SMILES string of the molecule is N#Cc1c(N2CCC(c3ccc(C(F)(F)F)cc3)CC2)n[nH]c1N. The first-order valence-electron chi connectivity index (χ1n) is 7.56. The summed E-state index contributed by atoms with van der Waals surface area (Å²) in [4.78, 5) is 1.98. The van der Waals surface area contributed by atoms with Gasteiger partial charge in [0.05, 0.1) is 5.56 Å². The van der Waals surface area contributed by atoms with E-state index in [1.54, 1.807) is 12.1 Å². The average Bonchev–Trinajstić information content (AvgIpc) is 2.95. The third kappa shape index (κ3) is 3.02. The molecule has 0 radical (unpaired) electrons. The summed E-state index contributed by atoms with van der Waals surface area (Å²) in [5.41, 5.74) is 6.28. The summed E-state index contributed by atoms with van der Waals surface area (Å²) in [5, 5.41) is 15.8. The van der Waals surface area contributed by atoms with E-state index in [1.807, 2.05) is 11.0 Å². The quantitative estimate of drug-likeness (QED) is 0.882. The van der Waals surface area contributed by atoms with E-state index in [-0.39, 0.29) is 11.7 Å². The molecule has 0 bridgehead atoms. The van der Waals surface area contributed by atoms with Crippen molar-refractivity contribution >= 4 is 11.6 Å². The highest BCUT2D eigenvalue weighted by Crippen LogP contribution is 2.34. The highest BCUT2D eigenvalue weighted by Gasteiger charge is 2.31. The van der Waals surface area contributed by atoms with Gasteiger partial charge in [-0.2, -0.15) is 23.5 Å². The highest BCUT2D eigenvalue weighted by atomic mass is 19.4. The Morgan fingerprint density at radius 1 is 1.21 bits per heavy atom. The van der Waals surface area contributed by atoms with Crippen LogP contribution in [-0.4, -0.2) is 23.3 Å². The molecule has 1 aliphatic heterocycles. The molecule has 24 heavy (non-hydrogen) atoms. The van der Waals surface area contributed by atoms with Crippen LogP contribution in [0.3, 0.4) is 0 Å². The number of benzene rings is 1. The topological polar surface area (TPSA) is 81.7 Å². The molecule has 0 atom stereocenters. The number of nitriles is 1. The number of halogens is 3. The van der Waals surface area contributed by atoms with Crippen molar-refractivity contribution in [3.05, 3.63) is 41.0 Å². The van der Waals surface area contributed by atoms with E-state index in [1.165, 1.54) is 0 Å². The second kappa shape index (κ2) is 6.07. The van der Waals surface area contributed by atoms with Crippen molar-refractivity contribution in [2.75, 3.05) is 23.7 Å². The Labute approximate surface area is 136 Å². The molecular formula is C16H16F3N5. The Balaban J connectivity index is 1.68. The van der Waals surface area contributed by atoms with E-state index in [0.29, 0.717) is 24.5 Å². The zero-order valence-electron chi connectivity index (χ0n) is 12.8. The van der Waals surface area contributed by atoms with Gasteiger partial charge in [0.25, 0.3) is 0 Å². The Bertz CT molecular complexity index is 750. The van der Waals surface area contributed by atoms with Crippen molar-refractivity contribution in [1.29, 1.82) is 5.26 Å². The van der Waals surface area contributed by atoms with Gasteiger partial charge in [0.2, 0.25) is 0 Å². The lowest BCUT2D eigenvalue weighted by atomic mass is 9.89. The Kier molecular flexibility index (Phi) is 4.09. The standard InChI is InChI=1S/C16H16F3N5/c17-16(18,19)12-3-1-10(2-4-12)11-5-7-24(8-6-11)15-13(9-20)14(21)22-23-15/h1-4,11H,5-8H2,(H3,21,22,23). The molecular weight excluding hydrogens is 319 g/mol. The predicted octanol–water partition coefficient (Wildman–Crippen LogP) is 3.27. The smallest absolute Gasteiger partial charge is 0.383 e. The molecule has 1 aliphatic rings. The molecule has 1 saturated heterocycles. The molecule has 0 unspecified atom stereocenters. The molecule has 0 aliphatic carbocycles. The number of alkyl halides is 3. The minimum absolute atomic E-state index is 0.199. The number of aromatic nitrogens is 2. The van der Waals surface area contributed by atoms with E-state index in [4.69, 9.17) is 11.0 Å². The van der Waals surface area contributed by atoms with Gasteiger partial charge in [0.1, 0.15) is 17.5 Å². The van der Waals surface area contributed by atoms with Gasteiger partial charge in [-0.25, -0.2) is 0 Å². The van der Waals surface area contributed by atoms with E-state index in [2.05, 4.69) is 10.2 Å². The predicted molar refractivity (Wildman–Crippen MR) is 83.3 cm³/mol. The summed E-state index contributed by atoms with van der Waals surface area (Å²) >= 11 is 0. The second-order valence-electron chi connectivity index (χ2n) is 5.83. The fraction of sp³-hybridized carbons (Fsp3) is 0.375. The van der Waals surface area contributed by atoms with Gasteiger partial charge in [0, 0.05) is 13.1 Å². The van der Waals surface area contributed by atoms with Crippen LogP contribution >= 0.6 is 0 Å². The third-order valence-electron chi connectivity index (χ3n) is 4.39. The summed E-state index contributed by atoms with van der Waals surface area (Å²) < 4.78 is 37.9. The van der Waals surface area contributed by atoms with Crippen LogP contribution in [0.25, 0.3) is 0 Å². The second-order valence-corrected chi connectivity index (χ2v) is 5.83. The molecule has 8 heteroatoms. The van der Waals surface area contributed by atoms with Gasteiger partial charge in [-0.15, -0.1) is 0 Å². The summed E-state index contributed by atoms with van der Waals surface area (Å²) in [6.45, 7) is 1.34. The largest absolute Gasteiger partial charge is 0.416 e. The van der Waals surface area contributed by atoms with Gasteiger partial charge in [0.15, 0.2) is 5.82 Å². The number of nitrogens with one attached hydrogen (secondary N) is 1. The number of hydrogen-bond donors (Lipinski definition) is 2. The number of rotatable bonds is 2. The van der Waals surface area contributed by atoms with Crippen molar-refractivity contribution in [1.82, 2.24) is 10.2 Å². The molecule has 2 heterocycles. The molecule has 126 valence electrons. The first-order chi connectivity index (χ1) is 11.4. The molecule has 0 spiro atoms. The lowest BCUT2D eigenvalue weighted by Crippen LogP contribution is -2.33. The van der Waals surface area contributed by atoms with E-state index in [9.17, 15) is 13.2 Å². The Morgan fingerprint density at radius 3 is 2.38 bits per heavy atom. The number of nitrogens with two attached hydrogens (primary N) is 1. The number of piperidine rings is 1. The van der Waals surface area contributed by atoms with E-state index < -0.39 is 11.7 Å². The van der Waals surface area contributed by atoms with Crippen LogP contribution in [0.4, 0.5) is 24.8 Å². The van der Waals surface area contributed by atoms with Gasteiger partial charge in [-0.05, 0) is 36.5 Å². The highest BCUT2D eigenvalue weighted by molar-refractivity contribution is 5.64. The Hall–Kier alpha value is -2.69. The number of nitrogen functional groups attached to an aromatic ring is 1. The maximum Gasteiger partial charge on any atom is 0.416 e. The van der Waals surface area contributed by atoms with Crippen LogP contribution in [0.2, 0.25) is 0 Å². The van der Waals surface area contributed by atoms with Crippen molar-refractivity contribution in [2.24, 2.45) is 0 Å². The van der Waals surface area contributed by atoms with Crippen LogP contribution in [0.15, 0.2) is 24.3 Å². The first-order valence-corrected chi connectivity index (χ1v) is 7.56. The molecule has 1 aromatic carbocycles. The zero-order valence-corrected chi connectivity index (χ0v) is 12.8. The van der Waals surface area contributed by atoms with Gasteiger partial charge in [-0.3, -0.25) is 5.10 Å². The third-order valence-corrected chi connectivity index (χ3v) is 4.39. The normalized spacial score (nSPS) is 16.2. The molecule has 2 aromatic rings. The Morgan fingerprint density at radius 2 is 1.83 bits per heavy atom. The zero-order chi connectivity index (χ0) is 17.3. The van der Waals surface area contributed by atoms with Gasteiger partial charge in [-0.1, -0.05) is 12.1 Å². The number of H-pyrrole nitrogens is 1. The van der Waals surface area contributed by atoms with E-state index in [0.717, 1.165) is 30.5 Å². The maximum absolute atomic E-state index is 12.6. The summed E-state index contributed by atoms with van der Waals surface area (Å²) in [6, 6.07) is 7.40. The molecule has 1 aromatic heterocycles. The summed E-state index contributed by atoms with van der Waals surface area (Å²) in [5.74, 6) is 0.989. The van der Waals surface area contributed by atoms with Crippen LogP contribution < -0.4 is 10.6 Å². The van der Waals surface area contributed by atoms with Gasteiger partial charge < -0.3 is 10.6 Å². The number of hydrogen-bond acceptors (Lipinski definition) is 4. The van der Waals surface area contributed by atoms with Crippen molar-refractivity contribution in [3.8, 4) is 6.07 Å². The lowest BCUT2D eigenvalue weighted by Gasteiger charge is -2.32. The van der Waals surface area contributed by atoms with Crippen molar-refractivity contribution in [2.45, 2.75) is 24.9 Å². The van der Waals surface area contributed by atoms with Gasteiger partial charge >= 0.3 is 6.18 Å². The van der Waals surface area contributed by atoms with Crippen molar-refractivity contribution in [3.63, 3.8) is 0 Å². The van der Waals surface area contributed by atoms with Crippen LogP contribution in [0.5, 0.6) is 0 Å². The molecule has 3 rings (SSSR count). The summed E-state index contributed by atoms with van der Waals surface area (Å²) in [7, 11) is 0. The number of anilines is 2. The molecule has 1 fully saturated rings. The summed E-state index contributed by atoms with van der Waals surface area (Å²) in [6.07, 6.45) is -2.75. The maximum atomic E-state index is 12.6. The minimum atomic E-state index is -4.31. The molecule has 3 N–H and O–H groups in total. The lowest BCUT2D eigenvalue weighted by molar-refractivity contribution is -0.137. The number of nitrogens with zero attached hydrogens (tertiary/aromatic N) is 3. The fourth-order valence-electron chi connectivity index (χ4n) is 3.05. The minimum Gasteiger partial charge on any atom is -0.383 e. The van der Waals surface area contributed by atoms with Crippen LogP contribution in [0, 0.1) is 11.3 Å². The monoisotopic (exact) mass is 335 g/mol.